The summed E-state index contributed by atoms with van der Waals surface area (Å²) in [6.45, 7) is 4.36. The van der Waals surface area contributed by atoms with E-state index in [1.165, 1.54) is 15.0 Å². The third kappa shape index (κ3) is 5.09. The van der Waals surface area contributed by atoms with Gasteiger partial charge in [0.1, 0.15) is 5.82 Å². The smallest absolute Gasteiger partial charge is 0.330 e. The number of carbonyl (C=O) groups excluding carboxylic acids is 1. The maximum atomic E-state index is 13.0. The summed E-state index contributed by atoms with van der Waals surface area (Å²) in [5.41, 5.74) is 6.99. The molecule has 3 N–H and O–H groups in total. The number of nitrogens with one attached hydrogen (secondary N) is 1. The van der Waals surface area contributed by atoms with E-state index in [1.807, 2.05) is 54.9 Å². The largest absolute Gasteiger partial charge is 0.383 e. The number of hydrogen-bond donors (Lipinski definition) is 2. The first-order valence-corrected chi connectivity index (χ1v) is 10.4. The maximum absolute atomic E-state index is 13.0. The lowest BCUT2D eigenvalue weighted by atomic mass is 10.1. The standard InChI is InChI=1S/C23H27N5O3/c1-3-8-17-11-13-26(14-12-17)16-19(29)27(4-2)20-21(24)28(23(31)25-22(20)30)15-18-9-6-5-7-10-18/h5-7,9-14H,3-4,8,15-16H2,1-2H3,(H2-,24,25,30,31)/p+1. The molecule has 162 valence electrons. The number of aromatic amines is 1. The van der Waals surface area contributed by atoms with Gasteiger partial charge in [0.05, 0.1) is 6.54 Å². The Labute approximate surface area is 180 Å². The van der Waals surface area contributed by atoms with E-state index in [0.717, 1.165) is 18.4 Å². The fourth-order valence-corrected chi connectivity index (χ4v) is 3.51. The first kappa shape index (κ1) is 22.0. The Morgan fingerprint density at radius 3 is 2.35 bits per heavy atom. The third-order valence-electron chi connectivity index (χ3n) is 5.10. The second-order valence-corrected chi connectivity index (χ2v) is 7.33. The summed E-state index contributed by atoms with van der Waals surface area (Å²) in [6.07, 6.45) is 5.72. The van der Waals surface area contributed by atoms with Gasteiger partial charge in [-0.05, 0) is 24.5 Å². The Morgan fingerprint density at radius 1 is 1.06 bits per heavy atom. The second kappa shape index (κ2) is 9.88. The zero-order chi connectivity index (χ0) is 22.4. The van der Waals surface area contributed by atoms with Crippen molar-refractivity contribution < 1.29 is 9.36 Å². The average molecular weight is 423 g/mol. The van der Waals surface area contributed by atoms with E-state index in [0.29, 0.717) is 0 Å². The molecule has 8 nitrogen and oxygen atoms in total. The minimum Gasteiger partial charge on any atom is -0.383 e. The van der Waals surface area contributed by atoms with Gasteiger partial charge >= 0.3 is 5.69 Å². The number of anilines is 2. The molecule has 3 rings (SSSR count). The van der Waals surface area contributed by atoms with Crippen molar-refractivity contribution in [1.29, 1.82) is 0 Å². The number of benzene rings is 1. The van der Waals surface area contributed by atoms with Crippen molar-refractivity contribution in [3.05, 3.63) is 86.8 Å². The van der Waals surface area contributed by atoms with Crippen LogP contribution in [0.4, 0.5) is 11.5 Å². The molecule has 2 heterocycles. The molecular formula is C23H28N5O3+. The number of rotatable bonds is 8. The van der Waals surface area contributed by atoms with E-state index in [4.69, 9.17) is 5.73 Å². The number of hydrogen-bond acceptors (Lipinski definition) is 4. The Bertz CT molecular complexity index is 1150. The van der Waals surface area contributed by atoms with Crippen LogP contribution in [0, 0.1) is 0 Å². The number of likely N-dealkylation sites (N-methyl/N-ethyl adjacent to an activating group) is 1. The third-order valence-corrected chi connectivity index (χ3v) is 5.10. The number of H-pyrrole nitrogens is 1. The number of nitrogens with two attached hydrogens (primary N) is 1. The summed E-state index contributed by atoms with van der Waals surface area (Å²) < 4.78 is 3.03. The molecule has 0 atom stereocenters. The van der Waals surface area contributed by atoms with Gasteiger partial charge in [0.25, 0.3) is 11.5 Å². The molecule has 0 aliphatic rings. The lowest BCUT2D eigenvalue weighted by molar-refractivity contribution is -0.684. The van der Waals surface area contributed by atoms with E-state index in [2.05, 4.69) is 11.9 Å². The molecule has 0 radical (unpaired) electrons. The Balaban J connectivity index is 1.91. The summed E-state index contributed by atoms with van der Waals surface area (Å²) in [7, 11) is 0. The molecule has 1 amide bonds. The highest BCUT2D eigenvalue weighted by molar-refractivity contribution is 5.94. The predicted molar refractivity (Wildman–Crippen MR) is 120 cm³/mol. The van der Waals surface area contributed by atoms with Crippen molar-refractivity contribution in [2.75, 3.05) is 17.2 Å². The first-order valence-electron chi connectivity index (χ1n) is 10.4. The zero-order valence-corrected chi connectivity index (χ0v) is 17.9. The topological polar surface area (TPSA) is 105 Å². The van der Waals surface area contributed by atoms with Crippen LogP contribution in [0.1, 0.15) is 31.4 Å². The van der Waals surface area contributed by atoms with Gasteiger partial charge in [0, 0.05) is 18.7 Å². The van der Waals surface area contributed by atoms with Crippen molar-refractivity contribution in [2.45, 2.75) is 39.8 Å². The minimum atomic E-state index is -0.676. The predicted octanol–water partition coefficient (Wildman–Crippen LogP) is 1.46. The number of aromatic nitrogens is 3. The van der Waals surface area contributed by atoms with Crippen LogP contribution in [0.3, 0.4) is 0 Å². The average Bonchev–Trinajstić information content (AvgIpc) is 2.76. The number of nitrogen functional groups attached to an aromatic ring is 1. The van der Waals surface area contributed by atoms with Gasteiger partial charge in [-0.15, -0.1) is 0 Å². The molecule has 31 heavy (non-hydrogen) atoms. The van der Waals surface area contributed by atoms with Crippen LogP contribution in [0.15, 0.2) is 64.4 Å². The van der Waals surface area contributed by atoms with Crippen molar-refractivity contribution in [3.8, 4) is 0 Å². The SMILES string of the molecule is CCCc1cc[n+](CC(=O)N(CC)c2c(N)n(Cc3ccccc3)c(=O)[nH]c2=O)cc1. The van der Waals surface area contributed by atoms with E-state index in [1.54, 1.807) is 11.5 Å². The van der Waals surface area contributed by atoms with Crippen LogP contribution < -0.4 is 26.4 Å². The first-order chi connectivity index (χ1) is 14.9. The zero-order valence-electron chi connectivity index (χ0n) is 17.9. The lowest BCUT2D eigenvalue weighted by Gasteiger charge is -2.22. The second-order valence-electron chi connectivity index (χ2n) is 7.33. The van der Waals surface area contributed by atoms with Crippen LogP contribution in [0.25, 0.3) is 0 Å². The fourth-order valence-electron chi connectivity index (χ4n) is 3.51. The molecule has 0 saturated carbocycles. The molecule has 0 saturated heterocycles. The van der Waals surface area contributed by atoms with Gasteiger partial charge in [0.15, 0.2) is 18.1 Å². The van der Waals surface area contributed by atoms with Crippen LogP contribution >= 0.6 is 0 Å². The summed E-state index contributed by atoms with van der Waals surface area (Å²) >= 11 is 0. The minimum absolute atomic E-state index is 0.00812. The van der Waals surface area contributed by atoms with E-state index in [-0.39, 0.29) is 37.0 Å². The van der Waals surface area contributed by atoms with Crippen molar-refractivity contribution in [3.63, 3.8) is 0 Å². The van der Waals surface area contributed by atoms with Gasteiger partial charge in [-0.25, -0.2) is 4.79 Å². The molecule has 3 aromatic rings. The number of nitrogens with zero attached hydrogens (tertiary/aromatic N) is 3. The van der Waals surface area contributed by atoms with Crippen molar-refractivity contribution >= 4 is 17.4 Å². The van der Waals surface area contributed by atoms with Gasteiger partial charge in [-0.1, -0.05) is 43.7 Å². The molecule has 0 aliphatic carbocycles. The summed E-state index contributed by atoms with van der Waals surface area (Å²) in [5.74, 6) is -0.325. The number of aryl methyl sites for hydroxylation is 1. The molecule has 0 fully saturated rings. The van der Waals surface area contributed by atoms with Gasteiger partial charge in [0.2, 0.25) is 6.54 Å². The Hall–Kier alpha value is -3.68. The molecule has 0 aliphatic heterocycles. The van der Waals surface area contributed by atoms with Gasteiger partial charge in [-0.3, -0.25) is 24.0 Å². The normalized spacial score (nSPS) is 10.8. The van der Waals surface area contributed by atoms with Gasteiger partial charge in [-0.2, -0.15) is 4.57 Å². The molecule has 8 heteroatoms. The van der Waals surface area contributed by atoms with Crippen molar-refractivity contribution in [1.82, 2.24) is 9.55 Å². The number of pyridine rings is 1. The molecule has 0 unspecified atom stereocenters. The highest BCUT2D eigenvalue weighted by Crippen LogP contribution is 2.17. The van der Waals surface area contributed by atoms with E-state index in [9.17, 15) is 14.4 Å². The summed E-state index contributed by atoms with van der Waals surface area (Å²) in [5, 5.41) is 0. The van der Waals surface area contributed by atoms with Crippen molar-refractivity contribution in [2.24, 2.45) is 0 Å². The van der Waals surface area contributed by atoms with E-state index < -0.39 is 11.2 Å². The summed E-state index contributed by atoms with van der Waals surface area (Å²) in [6, 6.07) is 13.3. The molecule has 0 spiro atoms. The van der Waals surface area contributed by atoms with Gasteiger partial charge < -0.3 is 5.73 Å². The quantitative estimate of drug-likeness (QED) is 0.536. The highest BCUT2D eigenvalue weighted by Gasteiger charge is 2.25. The monoisotopic (exact) mass is 422 g/mol. The molecular weight excluding hydrogens is 394 g/mol. The molecule has 1 aromatic carbocycles. The maximum Gasteiger partial charge on any atom is 0.330 e. The summed E-state index contributed by atoms with van der Waals surface area (Å²) in [4.78, 5) is 41.6. The van der Waals surface area contributed by atoms with Crippen LogP contribution in [-0.4, -0.2) is 22.0 Å². The Morgan fingerprint density at radius 2 is 1.74 bits per heavy atom. The van der Waals surface area contributed by atoms with Crippen LogP contribution in [0.2, 0.25) is 0 Å². The fraction of sp³-hybridized carbons (Fsp3) is 0.304. The molecule has 0 bridgehead atoms. The molecule has 2 aromatic heterocycles. The number of carbonyl (C=O) groups is 1. The lowest BCUT2D eigenvalue weighted by Crippen LogP contribution is -2.47. The van der Waals surface area contributed by atoms with E-state index >= 15 is 0 Å². The Kier molecular flexibility index (Phi) is 7.02. The highest BCUT2D eigenvalue weighted by atomic mass is 16.2. The van der Waals surface area contributed by atoms with Crippen LogP contribution in [-0.2, 0) is 24.3 Å². The van der Waals surface area contributed by atoms with Crippen LogP contribution in [0.5, 0.6) is 0 Å². The number of amides is 1.